The molecule has 0 unspecified atom stereocenters. The first-order chi connectivity index (χ1) is 17.7. The maximum absolute atomic E-state index is 9.73. The number of anilines is 4. The molecule has 0 aliphatic carbocycles. The Labute approximate surface area is 209 Å². The lowest BCUT2D eigenvalue weighted by atomic mass is 10.1. The fourth-order valence-electron chi connectivity index (χ4n) is 4.06. The van der Waals surface area contributed by atoms with Gasteiger partial charge in [-0.3, -0.25) is 0 Å². The van der Waals surface area contributed by atoms with Gasteiger partial charge in [0.2, 0.25) is 17.8 Å². The highest BCUT2D eigenvalue weighted by Gasteiger charge is 2.21. The number of nitrogens with one attached hydrogen (secondary N) is 1. The molecule has 2 aromatic carbocycles. The van der Waals surface area contributed by atoms with Crippen LogP contribution in [0.1, 0.15) is 22.8 Å². The number of aliphatic hydroxyl groups excluding tert-OH is 2. The standard InChI is InChI=1S/C26H28N8O2/c35-17-23(36)21-6-8-22(9-7-21)31-24-29-18-30-26(32-24)34-12-10-33(11-13-34)25-27-15-20(16-28-25)14-19-4-2-1-3-5-19/h1-9,15-16,18,23,35-36H,10-14,17H2,(H,29,30,31,32)/t23-/m0/s1. The molecule has 0 saturated carbocycles. The number of rotatable bonds is 8. The van der Waals surface area contributed by atoms with Gasteiger partial charge in [0.15, 0.2) is 0 Å². The Morgan fingerprint density at radius 1 is 0.778 bits per heavy atom. The Balaban J connectivity index is 1.17. The van der Waals surface area contributed by atoms with Crippen LogP contribution in [-0.4, -0.2) is 67.9 Å². The van der Waals surface area contributed by atoms with E-state index in [2.05, 4.69) is 52.2 Å². The normalized spacial score (nSPS) is 14.5. The first-order valence-electron chi connectivity index (χ1n) is 11.9. The Morgan fingerprint density at radius 2 is 1.44 bits per heavy atom. The molecule has 10 nitrogen and oxygen atoms in total. The number of aromatic nitrogens is 5. The fraction of sp³-hybridized carbons (Fsp3) is 0.269. The van der Waals surface area contributed by atoms with Crippen molar-refractivity contribution in [2.75, 3.05) is 47.9 Å². The Bertz CT molecular complexity index is 1250. The number of hydrogen-bond acceptors (Lipinski definition) is 10. The van der Waals surface area contributed by atoms with Crippen molar-refractivity contribution >= 4 is 23.5 Å². The lowest BCUT2D eigenvalue weighted by Gasteiger charge is -2.34. The van der Waals surface area contributed by atoms with Crippen molar-refractivity contribution < 1.29 is 10.2 Å². The van der Waals surface area contributed by atoms with E-state index in [1.807, 2.05) is 42.7 Å². The summed E-state index contributed by atoms with van der Waals surface area (Å²) in [5.41, 5.74) is 3.75. The van der Waals surface area contributed by atoms with Crippen molar-refractivity contribution in [2.45, 2.75) is 12.5 Å². The maximum Gasteiger partial charge on any atom is 0.231 e. The average Bonchev–Trinajstić information content (AvgIpc) is 2.94. The summed E-state index contributed by atoms with van der Waals surface area (Å²) in [4.78, 5) is 26.6. The van der Waals surface area contributed by atoms with Crippen LogP contribution in [0, 0.1) is 0 Å². The van der Waals surface area contributed by atoms with Gasteiger partial charge in [-0.25, -0.2) is 19.9 Å². The van der Waals surface area contributed by atoms with Gasteiger partial charge >= 0.3 is 0 Å². The lowest BCUT2D eigenvalue weighted by molar-refractivity contribution is 0.0956. The molecule has 5 rings (SSSR count). The van der Waals surface area contributed by atoms with Crippen molar-refractivity contribution in [2.24, 2.45) is 0 Å². The first-order valence-corrected chi connectivity index (χ1v) is 11.9. The van der Waals surface area contributed by atoms with Crippen LogP contribution in [-0.2, 0) is 6.42 Å². The zero-order valence-electron chi connectivity index (χ0n) is 19.8. The highest BCUT2D eigenvalue weighted by Crippen LogP contribution is 2.20. The van der Waals surface area contributed by atoms with Crippen molar-refractivity contribution in [3.63, 3.8) is 0 Å². The zero-order valence-corrected chi connectivity index (χ0v) is 19.8. The summed E-state index contributed by atoms with van der Waals surface area (Å²) in [6.45, 7) is 2.70. The summed E-state index contributed by atoms with van der Waals surface area (Å²) in [5.74, 6) is 1.79. The third-order valence-corrected chi connectivity index (χ3v) is 6.07. The van der Waals surface area contributed by atoms with Gasteiger partial charge in [0.25, 0.3) is 0 Å². The summed E-state index contributed by atoms with van der Waals surface area (Å²) in [5, 5.41) is 22.0. The van der Waals surface area contributed by atoms with Crippen molar-refractivity contribution in [3.8, 4) is 0 Å². The summed E-state index contributed by atoms with van der Waals surface area (Å²) >= 11 is 0. The third-order valence-electron chi connectivity index (χ3n) is 6.07. The van der Waals surface area contributed by atoms with Crippen LogP contribution < -0.4 is 15.1 Å². The smallest absolute Gasteiger partial charge is 0.231 e. The molecular weight excluding hydrogens is 456 g/mol. The molecule has 36 heavy (non-hydrogen) atoms. The highest BCUT2D eigenvalue weighted by atomic mass is 16.3. The molecule has 0 amide bonds. The SMILES string of the molecule is OC[C@H](O)c1ccc(Nc2ncnc(N3CCN(c4ncc(Cc5ccccc5)cn4)CC3)n2)cc1. The minimum absolute atomic E-state index is 0.317. The number of hydrogen-bond donors (Lipinski definition) is 3. The molecule has 0 radical (unpaired) electrons. The first kappa shape index (κ1) is 23.6. The lowest BCUT2D eigenvalue weighted by Crippen LogP contribution is -2.47. The largest absolute Gasteiger partial charge is 0.393 e. The van der Waals surface area contributed by atoms with Crippen LogP contribution in [0.2, 0.25) is 0 Å². The molecule has 1 fully saturated rings. The van der Waals surface area contributed by atoms with Crippen molar-refractivity contribution in [1.29, 1.82) is 0 Å². The van der Waals surface area contributed by atoms with Gasteiger partial charge in [-0.05, 0) is 28.8 Å². The Hall–Kier alpha value is -4.15. The summed E-state index contributed by atoms with van der Waals surface area (Å²) in [6.07, 6.45) is 5.24. The van der Waals surface area contributed by atoms with Crippen LogP contribution >= 0.6 is 0 Å². The number of benzene rings is 2. The van der Waals surface area contributed by atoms with Crippen molar-refractivity contribution in [3.05, 3.63) is 90.0 Å². The molecule has 10 heteroatoms. The van der Waals surface area contributed by atoms with E-state index < -0.39 is 6.10 Å². The molecule has 3 heterocycles. The Morgan fingerprint density at radius 3 is 2.11 bits per heavy atom. The van der Waals surface area contributed by atoms with Gasteiger partial charge in [0.05, 0.1) is 6.61 Å². The second-order valence-corrected chi connectivity index (χ2v) is 8.58. The molecule has 4 aromatic rings. The minimum Gasteiger partial charge on any atom is -0.393 e. The summed E-state index contributed by atoms with van der Waals surface area (Å²) in [6, 6.07) is 17.4. The maximum atomic E-state index is 9.73. The van der Waals surface area contributed by atoms with E-state index in [4.69, 9.17) is 5.11 Å². The van der Waals surface area contributed by atoms with Crippen LogP contribution in [0.3, 0.4) is 0 Å². The van der Waals surface area contributed by atoms with Gasteiger partial charge in [-0.2, -0.15) is 4.98 Å². The average molecular weight is 485 g/mol. The summed E-state index contributed by atoms with van der Waals surface area (Å²) in [7, 11) is 0. The van der Waals surface area contributed by atoms with Gasteiger partial charge in [-0.1, -0.05) is 42.5 Å². The number of piperazine rings is 1. The second kappa shape index (κ2) is 11.1. The predicted octanol–water partition coefficient (Wildman–Crippen LogP) is 2.35. The topological polar surface area (TPSA) is 123 Å². The number of nitrogens with zero attached hydrogens (tertiary/aromatic N) is 7. The van der Waals surface area contributed by atoms with Crippen LogP contribution in [0.5, 0.6) is 0 Å². The zero-order chi connectivity index (χ0) is 24.7. The molecule has 0 bridgehead atoms. The molecule has 1 aliphatic heterocycles. The molecule has 1 atom stereocenters. The van der Waals surface area contributed by atoms with Gasteiger partial charge in [0.1, 0.15) is 12.4 Å². The van der Waals surface area contributed by atoms with Crippen LogP contribution in [0.25, 0.3) is 0 Å². The Kier molecular flexibility index (Phi) is 7.25. The van der Waals surface area contributed by atoms with E-state index >= 15 is 0 Å². The van der Waals surface area contributed by atoms with Gasteiger partial charge in [0, 0.05) is 50.7 Å². The highest BCUT2D eigenvalue weighted by molar-refractivity contribution is 5.54. The van der Waals surface area contributed by atoms with Gasteiger partial charge < -0.3 is 25.3 Å². The summed E-state index contributed by atoms with van der Waals surface area (Å²) < 4.78 is 0. The van der Waals surface area contributed by atoms with E-state index in [9.17, 15) is 5.11 Å². The van der Waals surface area contributed by atoms with E-state index in [0.717, 1.165) is 49.8 Å². The van der Waals surface area contributed by atoms with Crippen LogP contribution in [0.15, 0.2) is 73.3 Å². The van der Waals surface area contributed by atoms with E-state index in [1.54, 1.807) is 12.1 Å². The quantitative estimate of drug-likeness (QED) is 0.343. The van der Waals surface area contributed by atoms with Crippen LogP contribution in [0.4, 0.5) is 23.5 Å². The third kappa shape index (κ3) is 5.73. The second-order valence-electron chi connectivity index (χ2n) is 8.58. The van der Waals surface area contributed by atoms with Crippen molar-refractivity contribution in [1.82, 2.24) is 24.9 Å². The molecule has 0 spiro atoms. The molecule has 1 aliphatic rings. The molecule has 2 aromatic heterocycles. The molecule has 184 valence electrons. The van der Waals surface area contributed by atoms with E-state index in [1.165, 1.54) is 11.9 Å². The molecule has 3 N–H and O–H groups in total. The number of aliphatic hydroxyl groups is 2. The fourth-order valence-corrected chi connectivity index (χ4v) is 4.06. The monoisotopic (exact) mass is 484 g/mol. The van der Waals surface area contributed by atoms with E-state index in [0.29, 0.717) is 17.5 Å². The molecular formula is C26H28N8O2. The van der Waals surface area contributed by atoms with Gasteiger partial charge in [-0.15, -0.1) is 0 Å². The minimum atomic E-state index is -0.890. The van der Waals surface area contributed by atoms with E-state index in [-0.39, 0.29) is 6.61 Å². The molecule has 1 saturated heterocycles. The predicted molar refractivity (Wildman–Crippen MR) is 137 cm³/mol.